The molecule has 15 rings (SSSR count). The fraction of sp³-hybridized carbons (Fsp3) is 0.402. The van der Waals surface area contributed by atoms with Crippen LogP contribution in [0.4, 0.5) is 5.69 Å². The summed E-state index contributed by atoms with van der Waals surface area (Å²) < 4.78 is 8.90. The Labute approximate surface area is 840 Å². The first-order valence-corrected chi connectivity index (χ1v) is 48.7. The molecule has 4 aromatic heterocycles. The number of nitrogens with zero attached hydrogens (tertiary/aromatic N) is 6. The minimum atomic E-state index is 0. The standard InChI is InChI=1S/2C26H33N.C25H32N2.2C25H32N.2V/c1-13-14(2)18(6)24(19(7)15(13)3)22(10)23-12-27(11)26-21(9)17(5)16(4)20(8)25(23)26;1-11-22(24-18(7)14(3)13(2)15(4)19(24)8)23-12-27-26-21(10)17(6)16(5)20(9)25(23)26;1-12-13(2)17(6)22(18(7)14(12)3)21(10)25-23-19(8)15(4)16(5)20(9)24(23)26-27(25)11;1-13-14(2)18(6)22(19(7)15(13)3)11-24-25-21(9)17(5)16(4)20(8)23(25)12-26(24)10;1-13-14(2)18(6)23(19(7)15(13)3)11-22-12-26(10)25-21(9)17(5)16(4)20(8)24(22)25;;/h12H,10H2,1-9,11H3;12H,11H2,1-10H3;10H2,1-9,11H3;2*11-12H,1-10H3;;/q;;;2*-1;;/b;23-22-;;;;;. The van der Waals surface area contributed by atoms with Crippen LogP contribution in [0.3, 0.4) is 0 Å². The van der Waals surface area contributed by atoms with Crippen molar-refractivity contribution in [3.8, 4) is 0 Å². The van der Waals surface area contributed by atoms with Gasteiger partial charge in [0.1, 0.15) is 0 Å². The number of fused-ring (bicyclic) bond motifs is 5. The molecule has 5 heterocycles. The van der Waals surface area contributed by atoms with Crippen molar-refractivity contribution in [3.05, 3.63) is 351 Å². The molecule has 14 aromatic rings. The van der Waals surface area contributed by atoms with Crippen LogP contribution in [0.2, 0.25) is 0 Å². The molecule has 0 spiro atoms. The molecule has 135 heavy (non-hydrogen) atoms. The van der Waals surface area contributed by atoms with Crippen LogP contribution in [0.25, 0.3) is 65.8 Å². The molecular formula is C127H162N6V2-2. The summed E-state index contributed by atoms with van der Waals surface area (Å²) in [6, 6.07) is 0. The van der Waals surface area contributed by atoms with Gasteiger partial charge in [-0.25, -0.2) is 0 Å². The van der Waals surface area contributed by atoms with Crippen molar-refractivity contribution in [1.29, 1.82) is 0 Å². The molecule has 1 aliphatic heterocycles. The van der Waals surface area contributed by atoms with Gasteiger partial charge in [0.05, 0.1) is 22.4 Å². The van der Waals surface area contributed by atoms with Crippen molar-refractivity contribution in [1.82, 2.24) is 23.5 Å². The van der Waals surface area contributed by atoms with Gasteiger partial charge in [-0.3, -0.25) is 9.67 Å². The molecule has 1 aliphatic rings. The molecule has 0 fully saturated rings. The molecule has 8 heteroatoms. The van der Waals surface area contributed by atoms with Gasteiger partial charge in [0.2, 0.25) is 0 Å². The predicted molar refractivity (Wildman–Crippen MR) is 588 cm³/mol. The topological polar surface area (TPSA) is 45.0 Å². The molecule has 0 unspecified atom stereocenters. The van der Waals surface area contributed by atoms with Crippen LogP contribution in [-0.4, -0.2) is 29.7 Å². The van der Waals surface area contributed by atoms with Gasteiger partial charge in [0.25, 0.3) is 0 Å². The Hall–Kier alpha value is -9.91. The van der Waals surface area contributed by atoms with Crippen LogP contribution < -0.4 is 0 Å². The second kappa shape index (κ2) is 40.6. The molecule has 0 amide bonds. The van der Waals surface area contributed by atoms with Crippen LogP contribution in [0.15, 0.2) is 36.7 Å². The quantitative estimate of drug-likeness (QED) is 0.126. The van der Waals surface area contributed by atoms with Gasteiger partial charge < -0.3 is 13.7 Å². The van der Waals surface area contributed by atoms with E-state index in [-0.39, 0.29) is 37.1 Å². The van der Waals surface area contributed by atoms with E-state index in [9.17, 15) is 0 Å². The molecule has 0 bridgehead atoms. The maximum Gasteiger partial charge on any atom is 0.0964 e. The first-order chi connectivity index (χ1) is 61.8. The Morgan fingerprint density at radius 2 is 0.585 bits per heavy atom. The first kappa shape index (κ1) is 109. The number of benzene rings is 10. The van der Waals surface area contributed by atoms with E-state index >= 15 is 0 Å². The Balaban J connectivity index is 0.000000189. The smallest absolute Gasteiger partial charge is 0.0964 e. The zero-order valence-corrected chi connectivity index (χ0v) is 96.0. The van der Waals surface area contributed by atoms with Gasteiger partial charge >= 0.3 is 0 Å². The van der Waals surface area contributed by atoms with Crippen molar-refractivity contribution in [2.75, 3.05) is 0 Å². The minimum absolute atomic E-state index is 0. The van der Waals surface area contributed by atoms with E-state index in [0.717, 1.165) is 28.8 Å². The molecule has 0 saturated carbocycles. The van der Waals surface area contributed by atoms with Gasteiger partial charge in [0, 0.05) is 122 Å². The van der Waals surface area contributed by atoms with Crippen LogP contribution >= 0.6 is 0 Å². The zero-order valence-electron chi connectivity index (χ0n) is 93.2. The van der Waals surface area contributed by atoms with E-state index in [2.05, 4.69) is 404 Å². The number of rotatable bonds is 10. The van der Waals surface area contributed by atoms with Gasteiger partial charge in [-0.05, 0) is 502 Å². The van der Waals surface area contributed by atoms with Crippen LogP contribution in [0, 0.1) is 324 Å². The number of allylic oxidation sites excluding steroid dienone is 2. The maximum absolute atomic E-state index is 4.90. The van der Waals surface area contributed by atoms with E-state index in [1.165, 1.54) is 355 Å². The zero-order chi connectivity index (χ0) is 99.9. The Morgan fingerprint density at radius 1 is 0.281 bits per heavy atom. The van der Waals surface area contributed by atoms with E-state index in [0.29, 0.717) is 0 Å². The molecule has 2 radical (unpaired) electrons. The second-order valence-electron chi connectivity index (χ2n) is 41.0. The average molecular weight is 1870 g/mol. The van der Waals surface area contributed by atoms with Gasteiger partial charge in [0.15, 0.2) is 0 Å². The monoisotopic (exact) mass is 1870 g/mol. The summed E-state index contributed by atoms with van der Waals surface area (Å²) in [7, 11) is 8.55. The number of hydrogen-bond acceptors (Lipinski definition) is 2. The largest absolute Gasteiger partial charge is 0.388 e. The minimum Gasteiger partial charge on any atom is -0.388 e. The summed E-state index contributed by atoms with van der Waals surface area (Å²) >= 11 is 0. The van der Waals surface area contributed by atoms with Crippen LogP contribution in [-0.2, 0) is 65.3 Å². The fourth-order valence-corrected chi connectivity index (χ4v) is 22.6. The van der Waals surface area contributed by atoms with Crippen molar-refractivity contribution in [3.63, 3.8) is 0 Å². The van der Waals surface area contributed by atoms with E-state index < -0.39 is 0 Å². The van der Waals surface area contributed by atoms with E-state index in [4.69, 9.17) is 10.1 Å². The number of aryl methyl sites for hydroxylation is 12. The molecular weight excluding hydrogens is 1710 g/mol. The molecule has 6 nitrogen and oxygen atoms in total. The van der Waals surface area contributed by atoms with E-state index in [1.54, 1.807) is 0 Å². The summed E-state index contributed by atoms with van der Waals surface area (Å²) in [5.41, 5.74) is 85.6. The van der Waals surface area contributed by atoms with Crippen LogP contribution in [0.5, 0.6) is 0 Å². The van der Waals surface area contributed by atoms with Crippen molar-refractivity contribution in [2.24, 2.45) is 33.2 Å². The summed E-state index contributed by atoms with van der Waals surface area (Å²) in [5, 5.41) is 11.7. The average Bonchev–Trinajstić information content (AvgIpc) is 1.62. The fourth-order valence-electron chi connectivity index (χ4n) is 22.6. The summed E-state index contributed by atoms with van der Waals surface area (Å²) in [6.07, 6.45) is 14.8. The predicted octanol–water partition coefficient (Wildman–Crippen LogP) is 34.0. The number of aromatic nitrogens is 5. The van der Waals surface area contributed by atoms with Gasteiger partial charge in [-0.15, -0.1) is 46.2 Å². The summed E-state index contributed by atoms with van der Waals surface area (Å²) in [5.74, 6) is 0. The summed E-state index contributed by atoms with van der Waals surface area (Å²) in [4.78, 5) is 4.88. The third kappa shape index (κ3) is 17.9. The molecule has 10 aromatic carbocycles. The van der Waals surface area contributed by atoms with Crippen molar-refractivity contribution >= 4 is 77.7 Å². The van der Waals surface area contributed by atoms with Crippen LogP contribution in [0.1, 0.15) is 320 Å². The normalized spacial score (nSPS) is 12.0. The molecule has 0 N–H and O–H groups in total. The van der Waals surface area contributed by atoms with Crippen molar-refractivity contribution in [2.45, 2.75) is 325 Å². The Morgan fingerprint density at radius 3 is 1.00 bits per heavy atom. The first-order valence-electron chi connectivity index (χ1n) is 48.7. The third-order valence-corrected chi connectivity index (χ3v) is 35.5. The third-order valence-electron chi connectivity index (χ3n) is 35.5. The molecule has 0 aliphatic carbocycles. The molecule has 712 valence electrons. The van der Waals surface area contributed by atoms with Gasteiger partial charge in [-0.1, -0.05) is 126 Å². The molecule has 0 saturated heterocycles. The molecule has 0 atom stereocenters. The number of aliphatic imine (C=N–C) groups is 1. The second-order valence-corrected chi connectivity index (χ2v) is 41.0. The Kier molecular flexibility index (Phi) is 32.7. The number of hydrogen-bond donors (Lipinski definition) is 0. The van der Waals surface area contributed by atoms with Gasteiger partial charge in [-0.2, -0.15) is 5.10 Å². The Bertz CT molecular complexity index is 7230. The summed E-state index contributed by atoms with van der Waals surface area (Å²) in [6.45, 7) is 112. The SMILES string of the molecule is C=C(c1c(C)c(C)c(C)c(C)c1C)c1c2c(C)c(C)c(C)c(C)c2nn1C.C=C(c1c(C)c(C)c(C)c(C)c1C)c1cn(C)c2c(C)c(C)c(C)c(C)c12.CC/C(=C1\C=Nc2c(C)c(C)c(C)c(C)c21)c1c(C)c(C)c(C)c(C)c1C.Cc1c(C)c(C)c([CH-]c2c3c(C)c(C)c(C)c(C)c3cn2C)c(C)c1C.Cc1c(C)c(C)c([CH-]c2cn(C)c3c(C)c(C)c(C)c(C)c23)c(C)c1C.[V].[V]. The van der Waals surface area contributed by atoms with Crippen molar-refractivity contribution < 1.29 is 37.1 Å². The van der Waals surface area contributed by atoms with E-state index in [1.807, 2.05) is 11.7 Å². The maximum atomic E-state index is 4.90.